The minimum Gasteiger partial charge on any atom is -0.497 e. The van der Waals surface area contributed by atoms with Gasteiger partial charge in [-0.15, -0.1) is 0 Å². The zero-order chi connectivity index (χ0) is 13.1. The fraction of sp³-hybridized carbons (Fsp3) is 0.500. The van der Waals surface area contributed by atoms with E-state index in [0.29, 0.717) is 11.8 Å². The van der Waals surface area contributed by atoms with Crippen LogP contribution in [0.15, 0.2) is 36.4 Å². The Balaban J connectivity index is 2.20. The Kier molecular flexibility index (Phi) is 4.07. The van der Waals surface area contributed by atoms with E-state index in [9.17, 15) is 0 Å². The van der Waals surface area contributed by atoms with Gasteiger partial charge in [0.2, 0.25) is 0 Å². The maximum absolute atomic E-state index is 6.02. The molecule has 1 aliphatic heterocycles. The molecule has 1 saturated heterocycles. The Bertz CT molecular complexity index is 408. The fourth-order valence-electron chi connectivity index (χ4n) is 2.59. The Morgan fingerprint density at radius 2 is 2.00 bits per heavy atom. The van der Waals surface area contributed by atoms with Gasteiger partial charge in [-0.1, -0.05) is 31.2 Å². The Morgan fingerprint density at radius 1 is 1.33 bits per heavy atom. The summed E-state index contributed by atoms with van der Waals surface area (Å²) in [4.78, 5) is 0. The minimum atomic E-state index is 0.143. The third-order valence-corrected chi connectivity index (χ3v) is 3.66. The van der Waals surface area contributed by atoms with Gasteiger partial charge in [0.05, 0.1) is 19.8 Å². The molecule has 18 heavy (non-hydrogen) atoms. The second-order valence-electron chi connectivity index (χ2n) is 5.32. The molecule has 1 heterocycles. The van der Waals surface area contributed by atoms with E-state index in [4.69, 9.17) is 9.47 Å². The third-order valence-electron chi connectivity index (χ3n) is 3.66. The largest absolute Gasteiger partial charge is 0.497 e. The molecule has 0 bridgehead atoms. The molecule has 2 heteroatoms. The van der Waals surface area contributed by atoms with Crippen LogP contribution in [0.25, 0.3) is 0 Å². The van der Waals surface area contributed by atoms with E-state index in [2.05, 4.69) is 32.6 Å². The first-order chi connectivity index (χ1) is 8.61. The lowest BCUT2D eigenvalue weighted by Gasteiger charge is -2.35. The third kappa shape index (κ3) is 2.75. The van der Waals surface area contributed by atoms with E-state index in [1.54, 1.807) is 7.11 Å². The van der Waals surface area contributed by atoms with Crippen molar-refractivity contribution in [3.05, 3.63) is 42.0 Å². The number of benzene rings is 1. The van der Waals surface area contributed by atoms with Crippen LogP contribution in [0.5, 0.6) is 5.75 Å². The molecule has 0 aliphatic carbocycles. The van der Waals surface area contributed by atoms with Crippen LogP contribution in [0.4, 0.5) is 0 Å². The van der Waals surface area contributed by atoms with Crippen LogP contribution < -0.4 is 4.74 Å². The molecule has 1 unspecified atom stereocenters. The lowest BCUT2D eigenvalue weighted by molar-refractivity contribution is -0.0424. The van der Waals surface area contributed by atoms with Gasteiger partial charge in [0.1, 0.15) is 5.75 Å². The second-order valence-corrected chi connectivity index (χ2v) is 5.32. The van der Waals surface area contributed by atoms with Gasteiger partial charge in [-0.25, -0.2) is 0 Å². The van der Waals surface area contributed by atoms with Gasteiger partial charge in [0.15, 0.2) is 0 Å². The number of ether oxygens (including phenoxy) is 2. The van der Waals surface area contributed by atoms with Gasteiger partial charge in [-0.05, 0) is 37.0 Å². The van der Waals surface area contributed by atoms with Crippen LogP contribution in [0.1, 0.15) is 31.9 Å². The summed E-state index contributed by atoms with van der Waals surface area (Å²) in [5, 5.41) is 0. The van der Waals surface area contributed by atoms with Gasteiger partial charge in [0, 0.05) is 5.92 Å². The molecule has 0 spiro atoms. The average Bonchev–Trinajstić information content (AvgIpc) is 2.39. The van der Waals surface area contributed by atoms with Crippen LogP contribution in [-0.2, 0) is 4.74 Å². The van der Waals surface area contributed by atoms with Crippen molar-refractivity contribution in [3.63, 3.8) is 0 Å². The highest BCUT2D eigenvalue weighted by molar-refractivity contribution is 5.30. The van der Waals surface area contributed by atoms with Crippen LogP contribution in [0.2, 0.25) is 0 Å². The molecule has 3 atom stereocenters. The molecule has 0 radical (unpaired) electrons. The standard InChI is InChI=1S/C16H22O2/c1-11(2)15-9-12(3)10-18-16(15)13-5-7-14(17-4)8-6-13/h5-8,12,15-16H,1,9-10H2,2-4H3/t12?,15-,16-/m0/s1. The van der Waals surface area contributed by atoms with Crippen molar-refractivity contribution < 1.29 is 9.47 Å². The van der Waals surface area contributed by atoms with Crippen molar-refractivity contribution in [2.45, 2.75) is 26.4 Å². The predicted molar refractivity (Wildman–Crippen MR) is 73.8 cm³/mol. The summed E-state index contributed by atoms with van der Waals surface area (Å²) in [6, 6.07) is 8.17. The first kappa shape index (κ1) is 13.2. The topological polar surface area (TPSA) is 18.5 Å². The van der Waals surface area contributed by atoms with Crippen molar-refractivity contribution in [2.75, 3.05) is 13.7 Å². The molecule has 1 fully saturated rings. The molecule has 2 rings (SSSR count). The SMILES string of the molecule is C=C(C)[C@@H]1CC(C)CO[C@H]1c1ccc(OC)cc1. The normalized spacial score (nSPS) is 27.8. The van der Waals surface area contributed by atoms with E-state index >= 15 is 0 Å². The Morgan fingerprint density at radius 3 is 2.56 bits per heavy atom. The molecule has 98 valence electrons. The summed E-state index contributed by atoms with van der Waals surface area (Å²) in [6.07, 6.45) is 1.30. The zero-order valence-corrected chi connectivity index (χ0v) is 11.5. The molecule has 1 aliphatic rings. The molecule has 0 N–H and O–H groups in total. The van der Waals surface area contributed by atoms with Gasteiger partial charge < -0.3 is 9.47 Å². The molecule has 0 amide bonds. The maximum Gasteiger partial charge on any atom is 0.118 e. The van der Waals surface area contributed by atoms with Crippen molar-refractivity contribution in [1.82, 2.24) is 0 Å². The monoisotopic (exact) mass is 246 g/mol. The summed E-state index contributed by atoms with van der Waals surface area (Å²) >= 11 is 0. The maximum atomic E-state index is 6.02. The Labute approximate surface area is 110 Å². The summed E-state index contributed by atoms with van der Waals surface area (Å²) in [5.74, 6) is 1.91. The molecule has 1 aromatic carbocycles. The van der Waals surface area contributed by atoms with Gasteiger partial charge in [-0.3, -0.25) is 0 Å². The molecule has 1 aromatic rings. The quantitative estimate of drug-likeness (QED) is 0.751. The summed E-state index contributed by atoms with van der Waals surface area (Å²) in [6.45, 7) is 9.29. The number of rotatable bonds is 3. The molecule has 0 aromatic heterocycles. The lowest BCUT2D eigenvalue weighted by atomic mass is 9.81. The van der Waals surface area contributed by atoms with Crippen LogP contribution in [-0.4, -0.2) is 13.7 Å². The zero-order valence-electron chi connectivity index (χ0n) is 11.5. The van der Waals surface area contributed by atoms with E-state index in [0.717, 1.165) is 18.8 Å². The van der Waals surface area contributed by atoms with E-state index in [1.165, 1.54) is 11.1 Å². The minimum absolute atomic E-state index is 0.143. The molecule has 2 nitrogen and oxygen atoms in total. The van der Waals surface area contributed by atoms with Crippen molar-refractivity contribution in [3.8, 4) is 5.75 Å². The molecular weight excluding hydrogens is 224 g/mol. The van der Waals surface area contributed by atoms with E-state index in [-0.39, 0.29) is 6.10 Å². The number of methoxy groups -OCH3 is 1. The highest BCUT2D eigenvalue weighted by atomic mass is 16.5. The van der Waals surface area contributed by atoms with Crippen molar-refractivity contribution in [1.29, 1.82) is 0 Å². The second kappa shape index (κ2) is 5.57. The number of hydrogen-bond acceptors (Lipinski definition) is 2. The van der Waals surface area contributed by atoms with Crippen molar-refractivity contribution >= 4 is 0 Å². The molecule has 0 saturated carbocycles. The van der Waals surface area contributed by atoms with Crippen molar-refractivity contribution in [2.24, 2.45) is 11.8 Å². The van der Waals surface area contributed by atoms with Crippen LogP contribution in [0, 0.1) is 11.8 Å². The summed E-state index contributed by atoms with van der Waals surface area (Å²) in [5.41, 5.74) is 2.43. The molecular formula is C16H22O2. The highest BCUT2D eigenvalue weighted by Gasteiger charge is 2.31. The smallest absolute Gasteiger partial charge is 0.118 e. The van der Waals surface area contributed by atoms with Gasteiger partial charge in [-0.2, -0.15) is 0 Å². The van der Waals surface area contributed by atoms with Gasteiger partial charge >= 0.3 is 0 Å². The number of hydrogen-bond donors (Lipinski definition) is 0. The van der Waals surface area contributed by atoms with Crippen LogP contribution >= 0.6 is 0 Å². The van der Waals surface area contributed by atoms with E-state index in [1.807, 2.05) is 12.1 Å². The predicted octanol–water partition coefficient (Wildman–Crippen LogP) is 3.99. The lowest BCUT2D eigenvalue weighted by Crippen LogP contribution is -2.28. The average molecular weight is 246 g/mol. The fourth-order valence-corrected chi connectivity index (χ4v) is 2.59. The van der Waals surface area contributed by atoms with E-state index < -0.39 is 0 Å². The first-order valence-corrected chi connectivity index (χ1v) is 6.52. The Hall–Kier alpha value is -1.28. The summed E-state index contributed by atoms with van der Waals surface area (Å²) < 4.78 is 11.2. The summed E-state index contributed by atoms with van der Waals surface area (Å²) in [7, 11) is 1.69. The van der Waals surface area contributed by atoms with Gasteiger partial charge in [0.25, 0.3) is 0 Å². The first-order valence-electron chi connectivity index (χ1n) is 6.52. The highest BCUT2D eigenvalue weighted by Crippen LogP contribution is 2.39. The van der Waals surface area contributed by atoms with Crippen LogP contribution in [0.3, 0.4) is 0 Å².